The lowest BCUT2D eigenvalue weighted by atomic mass is 10.3. The van der Waals surface area contributed by atoms with Crippen molar-refractivity contribution in [1.82, 2.24) is 9.80 Å². The van der Waals surface area contributed by atoms with Gasteiger partial charge in [-0.3, -0.25) is 0 Å². The third-order valence-electron chi connectivity index (χ3n) is 1.74. The molecule has 0 fully saturated rings. The number of hydrogen-bond donors (Lipinski definition) is 2. The Hall–Kier alpha value is -1.39. The van der Waals surface area contributed by atoms with Crippen molar-refractivity contribution in [2.45, 2.75) is 19.8 Å². The van der Waals surface area contributed by atoms with E-state index in [0.29, 0.717) is 0 Å². The SMILES string of the molecule is CCCCN1C=CN(C)C1.O=C(O)O. The van der Waals surface area contributed by atoms with E-state index >= 15 is 0 Å². The largest absolute Gasteiger partial charge is 0.503 e. The van der Waals surface area contributed by atoms with Crippen LogP contribution in [0.1, 0.15) is 19.8 Å². The van der Waals surface area contributed by atoms with Crippen LogP contribution in [0.25, 0.3) is 0 Å². The maximum atomic E-state index is 8.56. The first-order valence-corrected chi connectivity index (χ1v) is 4.60. The average Bonchev–Trinajstić information content (AvgIpc) is 2.47. The van der Waals surface area contributed by atoms with Crippen molar-refractivity contribution in [2.75, 3.05) is 20.3 Å². The molecule has 0 unspecified atom stereocenters. The van der Waals surface area contributed by atoms with E-state index in [1.807, 2.05) is 0 Å². The van der Waals surface area contributed by atoms with Crippen molar-refractivity contribution >= 4 is 6.16 Å². The number of carbonyl (C=O) groups is 1. The molecule has 14 heavy (non-hydrogen) atoms. The molecule has 2 N–H and O–H groups in total. The van der Waals surface area contributed by atoms with Crippen LogP contribution in [0.2, 0.25) is 0 Å². The molecule has 0 amide bonds. The van der Waals surface area contributed by atoms with Crippen molar-refractivity contribution in [3.05, 3.63) is 12.4 Å². The van der Waals surface area contributed by atoms with Crippen LogP contribution in [0.5, 0.6) is 0 Å². The monoisotopic (exact) mass is 202 g/mol. The molecule has 0 saturated heterocycles. The second kappa shape index (κ2) is 7.06. The Bertz CT molecular complexity index is 190. The Kier molecular flexibility index (Phi) is 6.36. The molecule has 0 radical (unpaired) electrons. The summed E-state index contributed by atoms with van der Waals surface area (Å²) in [6, 6.07) is 0. The van der Waals surface area contributed by atoms with E-state index in [1.165, 1.54) is 19.4 Å². The molecule has 0 aromatic carbocycles. The van der Waals surface area contributed by atoms with Gasteiger partial charge in [0.05, 0.1) is 6.67 Å². The predicted octanol–water partition coefficient (Wildman–Crippen LogP) is 1.69. The Morgan fingerprint density at radius 3 is 2.36 bits per heavy atom. The van der Waals surface area contributed by atoms with Crippen molar-refractivity contribution < 1.29 is 15.0 Å². The summed E-state index contributed by atoms with van der Waals surface area (Å²) in [7, 11) is 2.10. The molecule has 0 spiro atoms. The zero-order valence-corrected chi connectivity index (χ0v) is 8.68. The van der Waals surface area contributed by atoms with Gasteiger partial charge in [-0.1, -0.05) is 13.3 Å². The zero-order chi connectivity index (χ0) is 11.0. The van der Waals surface area contributed by atoms with Gasteiger partial charge in [0, 0.05) is 26.0 Å². The molecule has 0 aromatic rings. The van der Waals surface area contributed by atoms with Crippen LogP contribution < -0.4 is 0 Å². The van der Waals surface area contributed by atoms with Crippen molar-refractivity contribution in [3.63, 3.8) is 0 Å². The highest BCUT2D eigenvalue weighted by Gasteiger charge is 2.05. The first-order valence-electron chi connectivity index (χ1n) is 4.60. The molecule has 0 bridgehead atoms. The first-order chi connectivity index (χ1) is 6.56. The number of nitrogens with zero attached hydrogens (tertiary/aromatic N) is 2. The Balaban J connectivity index is 0.000000364. The standard InChI is InChI=1S/C8H16N2.CH2O3/c1-3-4-5-10-7-6-9(2)8-10;2-1(3)4/h6-7H,3-5,8H2,1-2H3;(H2,2,3,4). The van der Waals surface area contributed by atoms with E-state index in [-0.39, 0.29) is 0 Å². The molecule has 1 aliphatic rings. The van der Waals surface area contributed by atoms with Crippen LogP contribution in [0.3, 0.4) is 0 Å². The van der Waals surface area contributed by atoms with E-state index in [1.54, 1.807) is 0 Å². The summed E-state index contributed by atoms with van der Waals surface area (Å²) in [5.74, 6) is 0. The smallest absolute Gasteiger partial charge is 0.450 e. The lowest BCUT2D eigenvalue weighted by Crippen LogP contribution is -2.23. The van der Waals surface area contributed by atoms with E-state index in [2.05, 4.69) is 36.2 Å². The minimum absolute atomic E-state index is 1.07. The number of carboxylic acid groups (broad SMARTS) is 2. The summed E-state index contributed by atoms with van der Waals surface area (Å²) in [6.45, 7) is 4.50. The van der Waals surface area contributed by atoms with Gasteiger partial charge in [-0.15, -0.1) is 0 Å². The van der Waals surface area contributed by atoms with E-state index in [9.17, 15) is 0 Å². The molecule has 0 saturated carbocycles. The molecular weight excluding hydrogens is 184 g/mol. The van der Waals surface area contributed by atoms with Crippen LogP contribution in [0, 0.1) is 0 Å². The lowest BCUT2D eigenvalue weighted by molar-refractivity contribution is 0.137. The van der Waals surface area contributed by atoms with E-state index in [4.69, 9.17) is 15.0 Å². The van der Waals surface area contributed by atoms with Crippen molar-refractivity contribution in [3.8, 4) is 0 Å². The van der Waals surface area contributed by atoms with Gasteiger partial charge in [0.1, 0.15) is 0 Å². The van der Waals surface area contributed by atoms with Gasteiger partial charge in [-0.2, -0.15) is 0 Å². The maximum absolute atomic E-state index is 8.56. The highest BCUT2D eigenvalue weighted by atomic mass is 16.6. The zero-order valence-electron chi connectivity index (χ0n) is 8.68. The molecule has 1 rings (SSSR count). The van der Waals surface area contributed by atoms with Crippen LogP contribution in [0.4, 0.5) is 4.79 Å². The summed E-state index contributed by atoms with van der Waals surface area (Å²) in [5.41, 5.74) is 0. The predicted molar refractivity (Wildman–Crippen MR) is 54.0 cm³/mol. The normalized spacial score (nSPS) is 13.9. The van der Waals surface area contributed by atoms with Gasteiger partial charge in [0.2, 0.25) is 0 Å². The summed E-state index contributed by atoms with van der Waals surface area (Å²) in [5, 5.41) is 13.9. The van der Waals surface area contributed by atoms with E-state index < -0.39 is 6.16 Å². The minimum atomic E-state index is -1.83. The van der Waals surface area contributed by atoms with Gasteiger partial charge >= 0.3 is 6.16 Å². The Morgan fingerprint density at radius 2 is 2.00 bits per heavy atom. The van der Waals surface area contributed by atoms with Crippen molar-refractivity contribution in [1.29, 1.82) is 0 Å². The summed E-state index contributed by atoms with van der Waals surface area (Å²) in [6.07, 6.45) is 5.04. The topological polar surface area (TPSA) is 64.0 Å². The van der Waals surface area contributed by atoms with Gasteiger partial charge in [-0.25, -0.2) is 4.79 Å². The second-order valence-corrected chi connectivity index (χ2v) is 3.15. The maximum Gasteiger partial charge on any atom is 0.503 e. The van der Waals surface area contributed by atoms with Crippen LogP contribution >= 0.6 is 0 Å². The second-order valence-electron chi connectivity index (χ2n) is 3.15. The highest BCUT2D eigenvalue weighted by Crippen LogP contribution is 2.04. The fourth-order valence-electron chi connectivity index (χ4n) is 1.10. The number of unbranched alkanes of at least 4 members (excludes halogenated alkanes) is 1. The molecule has 0 aromatic heterocycles. The van der Waals surface area contributed by atoms with Crippen molar-refractivity contribution in [2.24, 2.45) is 0 Å². The molecular formula is C9H18N2O3. The molecule has 0 atom stereocenters. The van der Waals surface area contributed by atoms with Crippen LogP contribution in [-0.2, 0) is 0 Å². The summed E-state index contributed by atoms with van der Waals surface area (Å²) in [4.78, 5) is 13.1. The molecule has 82 valence electrons. The fraction of sp³-hybridized carbons (Fsp3) is 0.667. The van der Waals surface area contributed by atoms with Crippen LogP contribution in [0.15, 0.2) is 12.4 Å². The Labute approximate surface area is 84.2 Å². The lowest BCUT2D eigenvalue weighted by Gasteiger charge is -2.17. The molecule has 5 heteroatoms. The molecule has 1 heterocycles. The highest BCUT2D eigenvalue weighted by molar-refractivity contribution is 5.53. The molecule has 5 nitrogen and oxygen atoms in total. The quantitative estimate of drug-likeness (QED) is 0.729. The van der Waals surface area contributed by atoms with Gasteiger partial charge in [0.25, 0.3) is 0 Å². The van der Waals surface area contributed by atoms with E-state index in [0.717, 1.165) is 6.67 Å². The summed E-state index contributed by atoms with van der Waals surface area (Å²) < 4.78 is 0. The van der Waals surface area contributed by atoms with Gasteiger partial charge in [-0.05, 0) is 6.42 Å². The van der Waals surface area contributed by atoms with Gasteiger partial charge in [0.15, 0.2) is 0 Å². The number of rotatable bonds is 3. The molecule has 1 aliphatic heterocycles. The average molecular weight is 202 g/mol. The first kappa shape index (κ1) is 12.6. The summed E-state index contributed by atoms with van der Waals surface area (Å²) >= 11 is 0. The van der Waals surface area contributed by atoms with Crippen LogP contribution in [-0.4, -0.2) is 46.4 Å². The Morgan fingerprint density at radius 1 is 1.43 bits per heavy atom. The number of hydrogen-bond acceptors (Lipinski definition) is 3. The third-order valence-corrected chi connectivity index (χ3v) is 1.74. The third kappa shape index (κ3) is 7.27. The molecule has 0 aliphatic carbocycles. The minimum Gasteiger partial charge on any atom is -0.450 e. The fourth-order valence-corrected chi connectivity index (χ4v) is 1.10. The van der Waals surface area contributed by atoms with Gasteiger partial charge < -0.3 is 20.0 Å².